The summed E-state index contributed by atoms with van der Waals surface area (Å²) in [5, 5.41) is 9.48. The van der Waals surface area contributed by atoms with Crippen molar-refractivity contribution in [1.82, 2.24) is 5.32 Å². The van der Waals surface area contributed by atoms with E-state index in [2.05, 4.69) is 11.9 Å². The molecule has 76 valence electrons. The quantitative estimate of drug-likeness (QED) is 0.606. The Morgan fingerprint density at radius 2 is 1.77 bits per heavy atom. The van der Waals surface area contributed by atoms with Crippen molar-refractivity contribution in [1.29, 1.82) is 0 Å². The van der Waals surface area contributed by atoms with Gasteiger partial charge in [-0.1, -0.05) is 6.58 Å². The first-order chi connectivity index (χ1) is 5.75. The van der Waals surface area contributed by atoms with E-state index in [1.165, 1.54) is 6.08 Å². The third kappa shape index (κ3) is 10.5. The van der Waals surface area contributed by atoms with Crippen LogP contribution in [0.5, 0.6) is 0 Å². The number of nitrogens with one attached hydrogen (secondary N) is 1. The molecule has 13 heavy (non-hydrogen) atoms. The van der Waals surface area contributed by atoms with Crippen LogP contribution in [0.3, 0.4) is 0 Å². The van der Waals surface area contributed by atoms with Gasteiger partial charge in [0.05, 0.1) is 0 Å². The Kier molecular flexibility index (Phi) is 6.51. The van der Waals surface area contributed by atoms with E-state index in [9.17, 15) is 18.0 Å². The van der Waals surface area contributed by atoms with E-state index in [-0.39, 0.29) is 5.91 Å². The Bertz CT molecular complexity index is 200. The molecular weight excluding hydrogens is 191 g/mol. The van der Waals surface area contributed by atoms with E-state index in [0.717, 1.165) is 0 Å². The molecule has 0 aromatic rings. The largest absolute Gasteiger partial charge is 0.490 e. The van der Waals surface area contributed by atoms with Crippen LogP contribution >= 0.6 is 0 Å². The summed E-state index contributed by atoms with van der Waals surface area (Å²) >= 11 is 0. The van der Waals surface area contributed by atoms with Gasteiger partial charge in [-0.2, -0.15) is 13.2 Å². The summed E-state index contributed by atoms with van der Waals surface area (Å²) in [6.07, 6.45) is -3.86. The van der Waals surface area contributed by atoms with Gasteiger partial charge in [-0.15, -0.1) is 0 Å². The number of carbonyl (C=O) groups excluding carboxylic acids is 1. The van der Waals surface area contributed by atoms with E-state index < -0.39 is 12.1 Å². The summed E-state index contributed by atoms with van der Waals surface area (Å²) in [5.74, 6) is -2.90. The van der Waals surface area contributed by atoms with Crippen LogP contribution in [0.1, 0.15) is 0 Å². The summed E-state index contributed by atoms with van der Waals surface area (Å²) in [7, 11) is 1.56. The number of hydrogen-bond donors (Lipinski definition) is 2. The smallest absolute Gasteiger partial charge is 0.475 e. The molecule has 0 rings (SSSR count). The maximum absolute atomic E-state index is 10.6. The molecule has 0 aliphatic carbocycles. The molecule has 0 fully saturated rings. The molecule has 0 spiro atoms. The van der Waals surface area contributed by atoms with Crippen LogP contribution in [0.25, 0.3) is 0 Å². The number of rotatable bonds is 1. The number of likely N-dealkylation sites (N-methyl/N-ethyl adjacent to an activating group) is 1. The summed E-state index contributed by atoms with van der Waals surface area (Å²) in [4.78, 5) is 18.8. The Morgan fingerprint density at radius 1 is 1.46 bits per heavy atom. The lowest BCUT2D eigenvalue weighted by Gasteiger charge is -1.93. The van der Waals surface area contributed by atoms with Crippen LogP contribution in [0.2, 0.25) is 0 Å². The maximum Gasteiger partial charge on any atom is 0.490 e. The third-order valence-corrected chi connectivity index (χ3v) is 0.674. The highest BCUT2D eigenvalue weighted by molar-refractivity contribution is 5.86. The van der Waals surface area contributed by atoms with E-state index >= 15 is 0 Å². The van der Waals surface area contributed by atoms with Crippen molar-refractivity contribution in [2.75, 3.05) is 7.05 Å². The molecule has 0 aromatic carbocycles. The van der Waals surface area contributed by atoms with Crippen molar-refractivity contribution in [3.8, 4) is 0 Å². The second kappa shape index (κ2) is 6.04. The Hall–Kier alpha value is -1.53. The van der Waals surface area contributed by atoms with Gasteiger partial charge in [0.15, 0.2) is 0 Å². The standard InChI is InChI=1S/C4H7NO.C2HF3O2/c1-3-4(6)5-2;3-2(4,5)1(6)7/h3H,1H2,2H3,(H,5,6);(H,6,7). The zero-order valence-electron chi connectivity index (χ0n) is 6.68. The Morgan fingerprint density at radius 3 is 1.77 bits per heavy atom. The highest BCUT2D eigenvalue weighted by Crippen LogP contribution is 2.13. The van der Waals surface area contributed by atoms with Crippen molar-refractivity contribution in [2.45, 2.75) is 6.18 Å². The second-order valence-electron chi connectivity index (χ2n) is 1.62. The van der Waals surface area contributed by atoms with Gasteiger partial charge in [-0.3, -0.25) is 4.79 Å². The number of carbonyl (C=O) groups is 2. The van der Waals surface area contributed by atoms with Gasteiger partial charge in [0.1, 0.15) is 0 Å². The molecule has 0 bridgehead atoms. The van der Waals surface area contributed by atoms with Gasteiger partial charge in [0, 0.05) is 7.05 Å². The van der Waals surface area contributed by atoms with Crippen LogP contribution in [0.15, 0.2) is 12.7 Å². The minimum Gasteiger partial charge on any atom is -0.475 e. The zero-order valence-corrected chi connectivity index (χ0v) is 6.68. The van der Waals surface area contributed by atoms with Gasteiger partial charge in [0.25, 0.3) is 0 Å². The molecule has 2 N–H and O–H groups in total. The Balaban J connectivity index is 0. The minimum atomic E-state index is -5.08. The van der Waals surface area contributed by atoms with Crippen molar-refractivity contribution in [3.63, 3.8) is 0 Å². The van der Waals surface area contributed by atoms with E-state index in [1.54, 1.807) is 7.05 Å². The van der Waals surface area contributed by atoms with Crippen molar-refractivity contribution < 1.29 is 27.9 Å². The molecule has 0 aliphatic rings. The summed E-state index contributed by atoms with van der Waals surface area (Å²) in [6, 6.07) is 0. The number of carboxylic acids is 1. The molecule has 0 saturated heterocycles. The van der Waals surface area contributed by atoms with E-state index in [1.807, 2.05) is 0 Å². The summed E-state index contributed by atoms with van der Waals surface area (Å²) in [5.41, 5.74) is 0. The molecule has 0 atom stereocenters. The van der Waals surface area contributed by atoms with Crippen LogP contribution < -0.4 is 5.32 Å². The number of halogens is 3. The van der Waals surface area contributed by atoms with Gasteiger partial charge in [0.2, 0.25) is 5.91 Å². The lowest BCUT2D eigenvalue weighted by molar-refractivity contribution is -0.192. The molecule has 4 nitrogen and oxygen atoms in total. The molecule has 0 radical (unpaired) electrons. The van der Waals surface area contributed by atoms with Crippen LogP contribution in [-0.2, 0) is 9.59 Å². The molecule has 0 aliphatic heterocycles. The average molecular weight is 199 g/mol. The lowest BCUT2D eigenvalue weighted by atomic mass is 10.6. The molecule has 1 amide bonds. The zero-order chi connectivity index (χ0) is 11.1. The fourth-order valence-corrected chi connectivity index (χ4v) is 0.102. The van der Waals surface area contributed by atoms with Crippen LogP contribution in [0.4, 0.5) is 13.2 Å². The first-order valence-electron chi connectivity index (χ1n) is 2.90. The lowest BCUT2D eigenvalue weighted by Crippen LogP contribution is -2.21. The average Bonchev–Trinajstić information content (AvgIpc) is 2.02. The first-order valence-corrected chi connectivity index (χ1v) is 2.90. The molecule has 0 aromatic heterocycles. The molecule has 7 heteroatoms. The fraction of sp³-hybridized carbons (Fsp3) is 0.333. The number of carboxylic acid groups (broad SMARTS) is 1. The van der Waals surface area contributed by atoms with Gasteiger partial charge in [-0.05, 0) is 6.08 Å². The first kappa shape index (κ1) is 14.0. The van der Waals surface area contributed by atoms with Gasteiger partial charge < -0.3 is 10.4 Å². The monoisotopic (exact) mass is 199 g/mol. The predicted octanol–water partition coefficient (Wildman–Crippen LogP) is 0.552. The van der Waals surface area contributed by atoms with Gasteiger partial charge in [-0.25, -0.2) is 4.79 Å². The van der Waals surface area contributed by atoms with Crippen molar-refractivity contribution in [3.05, 3.63) is 12.7 Å². The second-order valence-corrected chi connectivity index (χ2v) is 1.62. The highest BCUT2D eigenvalue weighted by Gasteiger charge is 2.38. The van der Waals surface area contributed by atoms with Gasteiger partial charge >= 0.3 is 12.1 Å². The number of alkyl halides is 3. The third-order valence-electron chi connectivity index (χ3n) is 0.674. The van der Waals surface area contributed by atoms with Crippen LogP contribution in [0, 0.1) is 0 Å². The van der Waals surface area contributed by atoms with E-state index in [4.69, 9.17) is 9.90 Å². The minimum absolute atomic E-state index is 0.144. The number of aliphatic carboxylic acids is 1. The fourth-order valence-electron chi connectivity index (χ4n) is 0.102. The Labute approximate surface area is 72.0 Å². The normalized spacial score (nSPS) is 9.23. The number of hydrogen-bond acceptors (Lipinski definition) is 2. The van der Waals surface area contributed by atoms with Crippen molar-refractivity contribution >= 4 is 11.9 Å². The summed E-state index contributed by atoms with van der Waals surface area (Å²) in [6.45, 7) is 3.22. The number of amides is 1. The van der Waals surface area contributed by atoms with Crippen LogP contribution in [-0.4, -0.2) is 30.2 Å². The van der Waals surface area contributed by atoms with Crippen molar-refractivity contribution in [2.24, 2.45) is 0 Å². The van der Waals surface area contributed by atoms with E-state index in [0.29, 0.717) is 0 Å². The predicted molar refractivity (Wildman–Crippen MR) is 38.0 cm³/mol. The maximum atomic E-state index is 10.6. The molecular formula is C6H8F3NO3. The molecule has 0 saturated carbocycles. The highest BCUT2D eigenvalue weighted by atomic mass is 19.4. The summed E-state index contributed by atoms with van der Waals surface area (Å²) < 4.78 is 31.7. The molecule has 0 heterocycles. The molecule has 0 unspecified atom stereocenters. The topological polar surface area (TPSA) is 66.4 Å². The SMILES string of the molecule is C=CC(=O)NC.O=C(O)C(F)(F)F.